The van der Waals surface area contributed by atoms with Crippen LogP contribution in [0.4, 0.5) is 0 Å². The zero-order chi connectivity index (χ0) is 103. The number of nitrogens with zero attached hydrogens (tertiary/aromatic N) is 12. The first-order chi connectivity index (χ1) is 59.9. The smallest absolute Gasteiger partial charge is 0.300 e. The van der Waals surface area contributed by atoms with Gasteiger partial charge in [-0.3, -0.25) is 9.59 Å². The van der Waals surface area contributed by atoms with Gasteiger partial charge in [0.25, 0.3) is 23.0 Å². The van der Waals surface area contributed by atoms with Gasteiger partial charge >= 0.3 is 0 Å². The summed E-state index contributed by atoms with van der Waals surface area (Å²) in [6, 6.07) is 36.3. The molecule has 0 bridgehead atoms. The molecule has 2 N–H and O–H groups in total. The van der Waals surface area contributed by atoms with Crippen LogP contribution in [-0.4, -0.2) is 71.9 Å². The van der Waals surface area contributed by atoms with Crippen LogP contribution in [0.25, 0.3) is 78.3 Å². The van der Waals surface area contributed by atoms with Crippen LogP contribution >= 0.6 is 0 Å². The second-order valence-electron chi connectivity index (χ2n) is 54.5. The Kier molecular flexibility index (Phi) is 28.2. The summed E-state index contributed by atoms with van der Waals surface area (Å²) >= 11 is 0. The van der Waals surface area contributed by atoms with Crippen molar-refractivity contribution in [1.29, 1.82) is 0 Å². The number of hydrogen-bond acceptors (Lipinski definition) is 10. The molecule has 134 heavy (non-hydrogen) atoms. The predicted octanol–water partition coefficient (Wildman–Crippen LogP) is 27.2. The van der Waals surface area contributed by atoms with E-state index in [1.807, 2.05) is 0 Å². The van der Waals surface area contributed by atoms with E-state index in [-0.39, 0.29) is 87.3 Å². The van der Waals surface area contributed by atoms with Crippen molar-refractivity contribution in [1.82, 2.24) is 49.8 Å². The molecule has 4 aromatic heterocycles. The van der Waals surface area contributed by atoms with Gasteiger partial charge in [-0.25, -0.2) is 9.36 Å². The molecule has 0 saturated carbocycles. The Morgan fingerprint density at radius 1 is 0.254 bits per heavy atom. The van der Waals surface area contributed by atoms with Crippen molar-refractivity contribution < 1.29 is 39.4 Å². The van der Waals surface area contributed by atoms with Crippen LogP contribution in [0.1, 0.15) is 435 Å². The molecule has 0 spiro atoms. The first kappa shape index (κ1) is 108. The van der Waals surface area contributed by atoms with Gasteiger partial charge in [0.15, 0.2) is 11.4 Å². The van der Waals surface area contributed by atoms with Crippen LogP contribution in [0.5, 0.6) is 11.5 Å². The molecular weight excluding hydrogens is 1660 g/mol. The molecule has 0 aliphatic carbocycles. The van der Waals surface area contributed by atoms with E-state index in [1.54, 1.807) is 0 Å². The molecule has 4 heterocycles. The van der Waals surface area contributed by atoms with Crippen molar-refractivity contribution in [3.05, 3.63) is 186 Å². The van der Waals surface area contributed by atoms with Crippen molar-refractivity contribution in [2.75, 3.05) is 0 Å². The lowest BCUT2D eigenvalue weighted by molar-refractivity contribution is -0.658. The fraction of sp³-hybridized carbons (Fsp3) is 0.569. The molecule has 0 atom stereocenters. The number of rotatable bonds is 6. The molecule has 0 saturated heterocycles. The van der Waals surface area contributed by atoms with Gasteiger partial charge in [-0.1, -0.05) is 391 Å². The predicted molar refractivity (Wildman–Crippen MR) is 555 cm³/mol. The highest BCUT2D eigenvalue weighted by Crippen LogP contribution is 2.49. The van der Waals surface area contributed by atoms with Crippen LogP contribution < -0.4 is 19.6 Å². The van der Waals surface area contributed by atoms with E-state index in [1.165, 1.54) is 33.4 Å². The lowest BCUT2D eigenvalue weighted by Crippen LogP contribution is -2.44. The van der Waals surface area contributed by atoms with Crippen LogP contribution in [0, 0.1) is 0 Å². The molecule has 18 heteroatoms. The van der Waals surface area contributed by atoms with Crippen LogP contribution in [0.3, 0.4) is 0 Å². The molecule has 0 radical (unpaired) electrons. The van der Waals surface area contributed by atoms with Gasteiger partial charge < -0.3 is 20.4 Å². The second-order valence-corrected chi connectivity index (χ2v) is 54.5. The van der Waals surface area contributed by atoms with E-state index >= 15 is 10.2 Å². The number of aromatic nitrogens is 12. The SMILES string of the molecule is CC(=O)O.CC(=O)O.CC(C)(C)c1cc(-[n+]2c3cc(C(C)(C)C)cc(C(C)(C)C)c3nn2-c2c(-n3nnc4c(C(C)(C)C)cc(C(C)(C)C)cc43)cc(C(C)(C)C)cc2C(C)(C)C)c([O-])c(C(C)(C)C)c1.CC(C)(C)c1cc(-[n+]2c3cc(C(C)(C)C)cc(C(C)(C)C)c3nn2-c2c(-n3nnc4c(C(C)(C)C)cc(C(C)(C)C)cc43)cc(C(C)(C)C)cc2C(C)(C)C)c([O-])c(C(C)(C)C)c1. The average molecular weight is 1830 g/mol. The molecule has 0 unspecified atom stereocenters. The third-order valence-electron chi connectivity index (χ3n) is 25.5. The third-order valence-corrected chi connectivity index (χ3v) is 25.5. The van der Waals surface area contributed by atoms with Crippen LogP contribution in [0.15, 0.2) is 97.1 Å². The Morgan fingerprint density at radius 3 is 0.657 bits per heavy atom. The number of fused-ring (bicyclic) bond motifs is 4. The summed E-state index contributed by atoms with van der Waals surface area (Å²) in [6.45, 7) is 110. The molecular formula is C116H168N12O6. The zero-order valence-corrected chi connectivity index (χ0v) is 92.1. The van der Waals surface area contributed by atoms with Crippen LogP contribution in [-0.2, 0) is 96.2 Å². The van der Waals surface area contributed by atoms with E-state index in [9.17, 15) is 0 Å². The summed E-state index contributed by atoms with van der Waals surface area (Å²) < 4.78 is 8.42. The second kappa shape index (κ2) is 35.2. The highest BCUT2D eigenvalue weighted by atomic mass is 16.4. The maximum absolute atomic E-state index is 15.5. The lowest BCUT2D eigenvalue weighted by Gasteiger charge is -2.31. The maximum atomic E-state index is 15.5. The van der Waals surface area contributed by atoms with Crippen molar-refractivity contribution in [3.8, 4) is 45.6 Å². The summed E-state index contributed by atoms with van der Waals surface area (Å²) in [5, 5.41) is 77.7. The minimum absolute atomic E-state index is 0.00281. The number of carboxylic acid groups (broad SMARTS) is 2. The van der Waals surface area contributed by atoms with Gasteiger partial charge in [-0.15, -0.1) is 19.6 Å². The van der Waals surface area contributed by atoms with Crippen molar-refractivity contribution in [3.63, 3.8) is 0 Å². The standard InChI is InChI=1S/2C56H80N6O.2C2H4O2/c2*1-49(2,3)33-25-37(53(13,14)15)45-41(29-33)60(59-57-45)43-31-35(51(7,8)9)27-39(55(19,20)21)47(43)62-58-46-38(54(16,17)18)26-34(50(4,5)6)30-42(46)61(62)44-32-36(52(10,11)12)28-40(48(44)63)56(22,23)24;2*1-2(3)4/h2*25-32H,1-24H3;2*1H3,(H,3,4). The number of carboxylic acids is 2. The summed E-state index contributed by atoms with van der Waals surface area (Å²) in [5.74, 6) is -1.66. The van der Waals surface area contributed by atoms with E-state index < -0.39 is 22.8 Å². The van der Waals surface area contributed by atoms with Crippen LogP contribution in [0.2, 0.25) is 0 Å². The fourth-order valence-corrected chi connectivity index (χ4v) is 17.0. The van der Waals surface area contributed by atoms with Gasteiger partial charge in [0.05, 0.1) is 32.6 Å². The normalized spacial score (nSPS) is 13.6. The summed E-state index contributed by atoms with van der Waals surface area (Å²) in [5.41, 5.74) is 25.7. The Balaban J connectivity index is 0.000000279. The average Bonchev–Trinajstić information content (AvgIpc) is 1.55. The molecule has 0 fully saturated rings. The van der Waals surface area contributed by atoms with Gasteiger partial charge in [-0.2, -0.15) is 0 Å². The zero-order valence-electron chi connectivity index (χ0n) is 92.1. The van der Waals surface area contributed by atoms with E-state index in [0.717, 1.165) is 136 Å². The molecule has 0 aliphatic heterocycles. The molecule has 12 aromatic rings. The number of carbonyl (C=O) groups is 2. The highest BCUT2D eigenvalue weighted by molar-refractivity contribution is 5.86. The Hall–Kier alpha value is -10.1. The quantitative estimate of drug-likeness (QED) is 0.148. The minimum atomic E-state index is -0.833. The van der Waals surface area contributed by atoms with Gasteiger partial charge in [0.1, 0.15) is 22.4 Å². The van der Waals surface area contributed by atoms with Gasteiger partial charge in [0, 0.05) is 25.0 Å². The summed E-state index contributed by atoms with van der Waals surface area (Å²) in [4.78, 5) is 22.1. The molecule has 8 aromatic carbocycles. The number of hydrogen-bond donors (Lipinski definition) is 2. The first-order valence-corrected chi connectivity index (χ1v) is 48.2. The molecule has 18 nitrogen and oxygen atoms in total. The molecule has 0 aliphatic rings. The third kappa shape index (κ3) is 22.7. The molecule has 728 valence electrons. The largest absolute Gasteiger partial charge is 0.869 e. The van der Waals surface area contributed by atoms with Gasteiger partial charge in [0.2, 0.25) is 11.0 Å². The maximum Gasteiger partial charge on any atom is 0.300 e. The lowest BCUT2D eigenvalue weighted by atomic mass is 9.79. The number of aliphatic carboxylic acids is 2. The summed E-state index contributed by atoms with van der Waals surface area (Å²) in [7, 11) is 0. The Morgan fingerprint density at radius 2 is 0.440 bits per heavy atom. The van der Waals surface area contributed by atoms with Crippen molar-refractivity contribution in [2.45, 2.75) is 433 Å². The highest BCUT2D eigenvalue weighted by Gasteiger charge is 2.43. The van der Waals surface area contributed by atoms with E-state index in [0.29, 0.717) is 11.4 Å². The van der Waals surface area contributed by atoms with E-state index in [4.69, 9.17) is 50.6 Å². The Bertz CT molecular complexity index is 6090. The fourth-order valence-electron chi connectivity index (χ4n) is 17.0. The summed E-state index contributed by atoms with van der Waals surface area (Å²) in [6.07, 6.45) is 0. The molecule has 12 rings (SSSR count). The molecule has 0 amide bonds. The van der Waals surface area contributed by atoms with Crippen molar-refractivity contribution in [2.24, 2.45) is 0 Å². The van der Waals surface area contributed by atoms with Crippen molar-refractivity contribution >= 4 is 56.1 Å². The van der Waals surface area contributed by atoms with E-state index in [2.05, 4.69) is 458 Å². The minimum Gasteiger partial charge on any atom is -0.869 e. The topological polar surface area (TPSA) is 226 Å². The monoisotopic (exact) mass is 1830 g/mol. The number of benzene rings is 8. The first-order valence-electron chi connectivity index (χ1n) is 48.2. The Labute approximate surface area is 804 Å². The van der Waals surface area contributed by atoms with Gasteiger partial charge in [-0.05, 0) is 235 Å².